The third-order valence-electron chi connectivity index (χ3n) is 2.13. The first-order chi connectivity index (χ1) is 7.90. The topological polar surface area (TPSA) is 29.1 Å². The van der Waals surface area contributed by atoms with Crippen LogP contribution in [0.5, 0.6) is 0 Å². The Morgan fingerprint density at radius 1 is 1.24 bits per heavy atom. The molecule has 0 spiro atoms. The standard InChI is InChI=1S/C11H11Br2Cl2NO/c1-11(5-14,6-15)16-10(17)7-2-8(12)4-9(13)3-7/h2-4H,5-6H2,1H3,(H,16,17). The van der Waals surface area contributed by atoms with E-state index in [1.54, 1.807) is 19.1 Å². The molecule has 17 heavy (non-hydrogen) atoms. The first-order valence-corrected chi connectivity index (χ1v) is 7.46. The van der Waals surface area contributed by atoms with Crippen LogP contribution >= 0.6 is 55.1 Å². The van der Waals surface area contributed by atoms with Gasteiger partial charge >= 0.3 is 0 Å². The van der Waals surface area contributed by atoms with Crippen LogP contribution in [-0.2, 0) is 0 Å². The summed E-state index contributed by atoms with van der Waals surface area (Å²) >= 11 is 18.2. The highest BCUT2D eigenvalue weighted by Crippen LogP contribution is 2.21. The third kappa shape index (κ3) is 4.43. The lowest BCUT2D eigenvalue weighted by atomic mass is 10.1. The molecule has 2 nitrogen and oxygen atoms in total. The molecule has 0 bridgehead atoms. The average molecular weight is 404 g/mol. The maximum atomic E-state index is 12.0. The predicted molar refractivity (Wildman–Crippen MR) is 79.2 cm³/mol. The molecule has 94 valence electrons. The Morgan fingerprint density at radius 2 is 1.71 bits per heavy atom. The second-order valence-electron chi connectivity index (χ2n) is 3.94. The molecule has 0 aliphatic rings. The smallest absolute Gasteiger partial charge is 0.251 e. The molecule has 0 atom stereocenters. The Morgan fingerprint density at radius 3 is 2.12 bits per heavy atom. The average Bonchev–Trinajstić information content (AvgIpc) is 2.27. The van der Waals surface area contributed by atoms with E-state index in [9.17, 15) is 4.79 Å². The maximum Gasteiger partial charge on any atom is 0.251 e. The fourth-order valence-corrected chi connectivity index (χ4v) is 2.85. The number of carbonyl (C=O) groups is 1. The molecule has 0 saturated heterocycles. The molecule has 1 N–H and O–H groups in total. The first-order valence-electron chi connectivity index (χ1n) is 4.81. The molecule has 0 radical (unpaired) electrons. The van der Waals surface area contributed by atoms with Crippen LogP contribution < -0.4 is 5.32 Å². The van der Waals surface area contributed by atoms with Gasteiger partial charge in [0, 0.05) is 26.3 Å². The minimum Gasteiger partial charge on any atom is -0.344 e. The van der Waals surface area contributed by atoms with Gasteiger partial charge < -0.3 is 5.32 Å². The van der Waals surface area contributed by atoms with Gasteiger partial charge in [0.15, 0.2) is 0 Å². The summed E-state index contributed by atoms with van der Waals surface area (Å²) in [6, 6.07) is 5.34. The van der Waals surface area contributed by atoms with E-state index in [-0.39, 0.29) is 17.7 Å². The molecule has 0 unspecified atom stereocenters. The predicted octanol–water partition coefficient (Wildman–Crippen LogP) is 4.18. The van der Waals surface area contributed by atoms with E-state index in [1.165, 1.54) is 0 Å². The van der Waals surface area contributed by atoms with Crippen molar-refractivity contribution in [3.63, 3.8) is 0 Å². The fourth-order valence-electron chi connectivity index (χ4n) is 1.13. The lowest BCUT2D eigenvalue weighted by Gasteiger charge is -2.26. The van der Waals surface area contributed by atoms with Gasteiger partial charge in [-0.1, -0.05) is 31.9 Å². The Labute approximate surface area is 127 Å². The zero-order valence-electron chi connectivity index (χ0n) is 9.07. The molecule has 0 aliphatic carbocycles. The lowest BCUT2D eigenvalue weighted by molar-refractivity contribution is 0.0921. The number of benzene rings is 1. The van der Waals surface area contributed by atoms with Crippen LogP contribution in [0.15, 0.2) is 27.1 Å². The molecule has 0 aliphatic heterocycles. The van der Waals surface area contributed by atoms with E-state index < -0.39 is 5.54 Å². The van der Waals surface area contributed by atoms with Gasteiger partial charge in [-0.25, -0.2) is 0 Å². The number of carbonyl (C=O) groups excluding carboxylic acids is 1. The summed E-state index contributed by atoms with van der Waals surface area (Å²) in [5.74, 6) is 0.324. The van der Waals surface area contributed by atoms with Gasteiger partial charge in [0.1, 0.15) is 0 Å². The van der Waals surface area contributed by atoms with Gasteiger partial charge in [-0.3, -0.25) is 4.79 Å². The quantitative estimate of drug-likeness (QED) is 0.751. The van der Waals surface area contributed by atoms with Gasteiger partial charge in [-0.15, -0.1) is 23.2 Å². The Bertz CT molecular complexity index is 402. The number of rotatable bonds is 4. The van der Waals surface area contributed by atoms with E-state index in [1.807, 2.05) is 6.07 Å². The Kier molecular flexibility index (Phi) is 5.77. The zero-order chi connectivity index (χ0) is 13.1. The van der Waals surface area contributed by atoms with Crippen molar-refractivity contribution in [1.29, 1.82) is 0 Å². The zero-order valence-corrected chi connectivity index (χ0v) is 13.8. The van der Waals surface area contributed by atoms with Gasteiger partial charge in [0.2, 0.25) is 0 Å². The summed E-state index contributed by atoms with van der Waals surface area (Å²) in [4.78, 5) is 12.0. The summed E-state index contributed by atoms with van der Waals surface area (Å²) in [7, 11) is 0. The number of hydrogen-bond donors (Lipinski definition) is 1. The van der Waals surface area contributed by atoms with E-state index in [2.05, 4.69) is 37.2 Å². The third-order valence-corrected chi connectivity index (χ3v) is 4.23. The minimum atomic E-state index is -0.602. The van der Waals surface area contributed by atoms with Gasteiger partial charge in [-0.05, 0) is 25.1 Å². The van der Waals surface area contributed by atoms with Crippen molar-refractivity contribution in [1.82, 2.24) is 5.32 Å². The monoisotopic (exact) mass is 401 g/mol. The lowest BCUT2D eigenvalue weighted by Crippen LogP contribution is -2.49. The maximum absolute atomic E-state index is 12.0. The van der Waals surface area contributed by atoms with Gasteiger partial charge in [-0.2, -0.15) is 0 Å². The molecular weight excluding hydrogens is 393 g/mol. The molecule has 0 heterocycles. The van der Waals surface area contributed by atoms with E-state index in [0.29, 0.717) is 5.56 Å². The Hall–Kier alpha value is 0.230. The fraction of sp³-hybridized carbons (Fsp3) is 0.364. The molecule has 0 aromatic heterocycles. The minimum absolute atomic E-state index is 0.198. The molecule has 6 heteroatoms. The number of halogens is 4. The molecule has 0 saturated carbocycles. The van der Waals surface area contributed by atoms with Crippen molar-refractivity contribution in [2.24, 2.45) is 0 Å². The molecule has 1 rings (SSSR count). The summed E-state index contributed by atoms with van der Waals surface area (Å²) in [6.45, 7) is 1.80. The summed E-state index contributed by atoms with van der Waals surface area (Å²) < 4.78 is 1.66. The molecule has 1 amide bonds. The van der Waals surface area contributed by atoms with E-state index >= 15 is 0 Å². The van der Waals surface area contributed by atoms with Crippen LogP contribution in [0.25, 0.3) is 0 Å². The molecular formula is C11H11Br2Cl2NO. The molecule has 1 aromatic carbocycles. The number of hydrogen-bond acceptors (Lipinski definition) is 1. The van der Waals surface area contributed by atoms with Crippen molar-refractivity contribution in [2.45, 2.75) is 12.5 Å². The van der Waals surface area contributed by atoms with Crippen LogP contribution in [0, 0.1) is 0 Å². The number of alkyl halides is 2. The highest BCUT2D eigenvalue weighted by molar-refractivity contribution is 9.11. The van der Waals surface area contributed by atoms with Crippen molar-refractivity contribution in [2.75, 3.05) is 11.8 Å². The summed E-state index contributed by atoms with van der Waals surface area (Å²) in [6.07, 6.45) is 0. The van der Waals surface area contributed by atoms with Crippen LogP contribution in [-0.4, -0.2) is 23.2 Å². The van der Waals surface area contributed by atoms with E-state index in [4.69, 9.17) is 23.2 Å². The molecule has 0 fully saturated rings. The highest BCUT2D eigenvalue weighted by atomic mass is 79.9. The van der Waals surface area contributed by atoms with Gasteiger partial charge in [0.05, 0.1) is 5.54 Å². The number of nitrogens with one attached hydrogen (secondary N) is 1. The highest BCUT2D eigenvalue weighted by Gasteiger charge is 2.25. The van der Waals surface area contributed by atoms with E-state index in [0.717, 1.165) is 8.95 Å². The van der Waals surface area contributed by atoms with Crippen molar-refractivity contribution < 1.29 is 4.79 Å². The van der Waals surface area contributed by atoms with Crippen molar-refractivity contribution >= 4 is 61.0 Å². The Balaban J connectivity index is 2.90. The van der Waals surface area contributed by atoms with Crippen LogP contribution in [0.1, 0.15) is 17.3 Å². The first kappa shape index (κ1) is 15.3. The van der Waals surface area contributed by atoms with Crippen molar-refractivity contribution in [3.05, 3.63) is 32.7 Å². The summed E-state index contributed by atoms with van der Waals surface area (Å²) in [5, 5.41) is 2.82. The van der Waals surface area contributed by atoms with Crippen LogP contribution in [0.2, 0.25) is 0 Å². The SMILES string of the molecule is CC(CCl)(CCl)NC(=O)c1cc(Br)cc(Br)c1. The number of amides is 1. The van der Waals surface area contributed by atoms with Crippen molar-refractivity contribution in [3.8, 4) is 0 Å². The van der Waals surface area contributed by atoms with Crippen LogP contribution in [0.3, 0.4) is 0 Å². The second kappa shape index (κ2) is 6.41. The normalized spacial score (nSPS) is 11.4. The van der Waals surface area contributed by atoms with Gasteiger partial charge in [0.25, 0.3) is 5.91 Å². The second-order valence-corrected chi connectivity index (χ2v) is 6.31. The van der Waals surface area contributed by atoms with Crippen LogP contribution in [0.4, 0.5) is 0 Å². The largest absolute Gasteiger partial charge is 0.344 e. The summed E-state index contributed by atoms with van der Waals surface area (Å²) in [5.41, 5.74) is -0.0534. The molecule has 1 aromatic rings.